The molecule has 8 nitrogen and oxygen atoms in total. The van der Waals surface area contributed by atoms with Crippen LogP contribution < -0.4 is 4.74 Å². The standard InChI is InChI=1S/C26H35N5O3/c1-28(2)12-17-31-23-7-5-4-6-21(23)24(22(18-27)26(31)33)29-13-15-30(16-14-29)25(32)19-8-10-20(34-3)11-9-19/h8-11,21,23H,4-7,12-17H2,1-3H3. The monoisotopic (exact) mass is 465 g/mol. The number of hydrogen-bond acceptors (Lipinski definition) is 6. The van der Waals surface area contributed by atoms with E-state index >= 15 is 0 Å². The molecule has 182 valence electrons. The number of methoxy groups -OCH3 is 1. The van der Waals surface area contributed by atoms with Gasteiger partial charge in [0, 0.05) is 62.5 Å². The van der Waals surface area contributed by atoms with Gasteiger partial charge < -0.3 is 24.3 Å². The third-order valence-corrected chi connectivity index (χ3v) is 7.36. The van der Waals surface area contributed by atoms with Gasteiger partial charge in [0.25, 0.3) is 11.8 Å². The fraction of sp³-hybridized carbons (Fsp3) is 0.577. The summed E-state index contributed by atoms with van der Waals surface area (Å²) < 4.78 is 5.19. The van der Waals surface area contributed by atoms with Crippen molar-refractivity contribution in [3.8, 4) is 11.8 Å². The molecule has 34 heavy (non-hydrogen) atoms. The number of ether oxygens (including phenoxy) is 1. The van der Waals surface area contributed by atoms with Crippen LogP contribution in [0.2, 0.25) is 0 Å². The van der Waals surface area contributed by atoms with Gasteiger partial charge in [-0.05, 0) is 51.2 Å². The summed E-state index contributed by atoms with van der Waals surface area (Å²) in [6.07, 6.45) is 4.23. The van der Waals surface area contributed by atoms with Gasteiger partial charge in [0.2, 0.25) is 0 Å². The molecule has 2 atom stereocenters. The number of amides is 2. The number of rotatable bonds is 6. The molecule has 2 amide bonds. The zero-order chi connectivity index (χ0) is 24.2. The highest BCUT2D eigenvalue weighted by molar-refractivity contribution is 5.99. The predicted molar refractivity (Wildman–Crippen MR) is 129 cm³/mol. The van der Waals surface area contributed by atoms with Gasteiger partial charge in [0.1, 0.15) is 17.4 Å². The summed E-state index contributed by atoms with van der Waals surface area (Å²) in [5.41, 5.74) is 1.87. The minimum absolute atomic E-state index is 0.00177. The Labute approximate surface area is 202 Å². The fourth-order valence-electron chi connectivity index (χ4n) is 5.53. The summed E-state index contributed by atoms with van der Waals surface area (Å²) in [6, 6.07) is 9.60. The van der Waals surface area contributed by atoms with Gasteiger partial charge in [0.05, 0.1) is 7.11 Å². The molecule has 8 heteroatoms. The fourth-order valence-corrected chi connectivity index (χ4v) is 5.53. The number of likely N-dealkylation sites (N-methyl/N-ethyl adjacent to an activating group) is 1. The van der Waals surface area contributed by atoms with Crippen molar-refractivity contribution in [1.82, 2.24) is 19.6 Å². The molecular weight excluding hydrogens is 430 g/mol. The molecule has 1 saturated carbocycles. The average molecular weight is 466 g/mol. The van der Waals surface area contributed by atoms with E-state index in [0.717, 1.165) is 43.7 Å². The van der Waals surface area contributed by atoms with E-state index in [9.17, 15) is 14.9 Å². The highest BCUT2D eigenvalue weighted by atomic mass is 16.5. The molecule has 2 unspecified atom stereocenters. The number of nitrogens with zero attached hydrogens (tertiary/aromatic N) is 5. The maximum absolute atomic E-state index is 13.4. The average Bonchev–Trinajstić information content (AvgIpc) is 2.87. The Balaban J connectivity index is 1.51. The Bertz CT molecular complexity index is 973. The Morgan fingerprint density at radius 2 is 1.79 bits per heavy atom. The second kappa shape index (κ2) is 10.5. The molecule has 2 fully saturated rings. The smallest absolute Gasteiger partial charge is 0.266 e. The highest BCUT2D eigenvalue weighted by Crippen LogP contribution is 2.41. The predicted octanol–water partition coefficient (Wildman–Crippen LogP) is 2.19. The normalized spacial score (nSPS) is 23.1. The molecule has 2 aliphatic heterocycles. The first-order chi connectivity index (χ1) is 16.4. The Hall–Kier alpha value is -3.05. The molecule has 0 bridgehead atoms. The molecule has 0 radical (unpaired) electrons. The van der Waals surface area contributed by atoms with Crippen LogP contribution in [0.15, 0.2) is 35.5 Å². The van der Waals surface area contributed by atoms with Crippen LogP contribution in [-0.4, -0.2) is 97.9 Å². The number of nitriles is 1. The van der Waals surface area contributed by atoms with Crippen LogP contribution in [0.4, 0.5) is 0 Å². The van der Waals surface area contributed by atoms with Crippen molar-refractivity contribution < 1.29 is 14.3 Å². The number of hydrogen-bond donors (Lipinski definition) is 0. The summed E-state index contributed by atoms with van der Waals surface area (Å²) >= 11 is 0. The molecule has 1 saturated heterocycles. The summed E-state index contributed by atoms with van der Waals surface area (Å²) in [5.74, 6) is 0.800. The first kappa shape index (κ1) is 24.1. The molecule has 4 rings (SSSR count). The van der Waals surface area contributed by atoms with Crippen molar-refractivity contribution in [3.05, 3.63) is 41.1 Å². The van der Waals surface area contributed by atoms with E-state index in [1.54, 1.807) is 31.4 Å². The van der Waals surface area contributed by atoms with E-state index in [0.29, 0.717) is 43.9 Å². The van der Waals surface area contributed by atoms with Crippen molar-refractivity contribution in [2.75, 3.05) is 60.5 Å². The number of piperazine rings is 1. The highest BCUT2D eigenvalue weighted by Gasteiger charge is 2.44. The number of benzene rings is 1. The van der Waals surface area contributed by atoms with Crippen LogP contribution in [0.1, 0.15) is 36.0 Å². The van der Waals surface area contributed by atoms with Crippen LogP contribution in [0, 0.1) is 17.2 Å². The first-order valence-corrected chi connectivity index (χ1v) is 12.2. The van der Waals surface area contributed by atoms with Crippen LogP contribution in [0.5, 0.6) is 5.75 Å². The van der Waals surface area contributed by atoms with Crippen molar-refractivity contribution in [2.24, 2.45) is 5.92 Å². The van der Waals surface area contributed by atoms with Gasteiger partial charge >= 0.3 is 0 Å². The molecule has 0 aromatic heterocycles. The summed E-state index contributed by atoms with van der Waals surface area (Å²) in [6.45, 7) is 3.85. The van der Waals surface area contributed by atoms with E-state index in [1.807, 2.05) is 23.9 Å². The largest absolute Gasteiger partial charge is 0.497 e. The zero-order valence-corrected chi connectivity index (χ0v) is 20.5. The summed E-state index contributed by atoms with van der Waals surface area (Å²) in [7, 11) is 5.62. The molecular formula is C26H35N5O3. The molecule has 2 heterocycles. The quantitative estimate of drug-likeness (QED) is 0.641. The van der Waals surface area contributed by atoms with E-state index in [1.165, 1.54) is 0 Å². The second-order valence-electron chi connectivity index (χ2n) is 9.64. The van der Waals surface area contributed by atoms with Crippen molar-refractivity contribution in [2.45, 2.75) is 31.7 Å². The van der Waals surface area contributed by atoms with Crippen LogP contribution in [0.25, 0.3) is 0 Å². The molecule has 3 aliphatic rings. The van der Waals surface area contributed by atoms with Crippen LogP contribution >= 0.6 is 0 Å². The van der Waals surface area contributed by atoms with Crippen LogP contribution in [0.3, 0.4) is 0 Å². The lowest BCUT2D eigenvalue weighted by atomic mass is 9.76. The molecule has 1 aliphatic carbocycles. The Morgan fingerprint density at radius 3 is 2.41 bits per heavy atom. The lowest BCUT2D eigenvalue weighted by Crippen LogP contribution is -2.57. The van der Waals surface area contributed by atoms with Crippen molar-refractivity contribution in [1.29, 1.82) is 5.26 Å². The minimum atomic E-state index is -0.126. The van der Waals surface area contributed by atoms with Crippen molar-refractivity contribution >= 4 is 11.8 Å². The van der Waals surface area contributed by atoms with Gasteiger partial charge in [0.15, 0.2) is 0 Å². The van der Waals surface area contributed by atoms with Gasteiger partial charge in [-0.15, -0.1) is 0 Å². The number of fused-ring (bicyclic) bond motifs is 1. The Morgan fingerprint density at radius 1 is 1.12 bits per heavy atom. The van der Waals surface area contributed by atoms with Gasteiger partial charge in [-0.2, -0.15) is 5.26 Å². The summed E-state index contributed by atoms with van der Waals surface area (Å²) in [4.78, 5) is 34.5. The first-order valence-electron chi connectivity index (χ1n) is 12.2. The lowest BCUT2D eigenvalue weighted by molar-refractivity contribution is -0.133. The SMILES string of the molecule is COc1ccc(C(=O)N2CCN(C3=C(C#N)C(=O)N(CCN(C)C)C4CCCCC34)CC2)cc1. The lowest BCUT2D eigenvalue weighted by Gasteiger charge is -2.49. The topological polar surface area (TPSA) is 80.1 Å². The molecule has 0 spiro atoms. The Kier molecular flexibility index (Phi) is 7.42. The van der Waals surface area contributed by atoms with Gasteiger partial charge in [-0.25, -0.2) is 0 Å². The van der Waals surface area contributed by atoms with Gasteiger partial charge in [-0.1, -0.05) is 12.8 Å². The number of carbonyl (C=O) groups is 2. The van der Waals surface area contributed by atoms with Gasteiger partial charge in [-0.3, -0.25) is 9.59 Å². The van der Waals surface area contributed by atoms with Crippen molar-refractivity contribution in [3.63, 3.8) is 0 Å². The second-order valence-corrected chi connectivity index (χ2v) is 9.64. The zero-order valence-electron chi connectivity index (χ0n) is 20.5. The number of carbonyl (C=O) groups excluding carboxylic acids is 2. The van der Waals surface area contributed by atoms with E-state index in [-0.39, 0.29) is 23.8 Å². The van der Waals surface area contributed by atoms with E-state index in [2.05, 4.69) is 15.9 Å². The molecule has 1 aromatic rings. The third-order valence-electron chi connectivity index (χ3n) is 7.36. The van der Waals surface area contributed by atoms with E-state index < -0.39 is 0 Å². The minimum Gasteiger partial charge on any atom is -0.497 e. The molecule has 0 N–H and O–H groups in total. The third kappa shape index (κ3) is 4.76. The summed E-state index contributed by atoms with van der Waals surface area (Å²) in [5, 5.41) is 10.0. The maximum Gasteiger partial charge on any atom is 0.266 e. The van der Waals surface area contributed by atoms with E-state index in [4.69, 9.17) is 4.74 Å². The maximum atomic E-state index is 13.4. The van der Waals surface area contributed by atoms with Crippen LogP contribution in [-0.2, 0) is 4.79 Å². The molecule has 1 aromatic carbocycles.